The summed E-state index contributed by atoms with van der Waals surface area (Å²) >= 11 is 0. The van der Waals surface area contributed by atoms with Gasteiger partial charge in [0.25, 0.3) is 0 Å². The maximum atomic E-state index is 11.9. The van der Waals surface area contributed by atoms with Crippen molar-refractivity contribution in [2.24, 2.45) is 5.41 Å². The van der Waals surface area contributed by atoms with Gasteiger partial charge in [0.1, 0.15) is 12.4 Å². The Morgan fingerprint density at radius 1 is 1.16 bits per heavy atom. The Bertz CT molecular complexity index is 701. The number of carboxylic acids is 2. The zero-order valence-corrected chi connectivity index (χ0v) is 14.3. The van der Waals surface area contributed by atoms with Gasteiger partial charge in [-0.1, -0.05) is 23.8 Å². The van der Waals surface area contributed by atoms with Crippen LogP contribution in [-0.2, 0) is 20.7 Å². The molecule has 6 nitrogen and oxygen atoms in total. The second-order valence-corrected chi connectivity index (χ2v) is 6.16. The highest BCUT2D eigenvalue weighted by Crippen LogP contribution is 2.38. The molecule has 1 aliphatic rings. The predicted molar refractivity (Wildman–Crippen MR) is 91.7 cm³/mol. The van der Waals surface area contributed by atoms with E-state index in [2.05, 4.69) is 0 Å². The number of carboxylic acid groups (broad SMARTS) is 2. The number of methoxy groups -OCH3 is 1. The van der Waals surface area contributed by atoms with Gasteiger partial charge in [0.2, 0.25) is 0 Å². The average Bonchev–Trinajstić information content (AvgIpc) is 2.56. The van der Waals surface area contributed by atoms with Gasteiger partial charge < -0.3 is 19.7 Å². The molecule has 134 valence electrons. The first-order valence-electron chi connectivity index (χ1n) is 7.94. The molecule has 2 N–H and O–H groups in total. The van der Waals surface area contributed by atoms with Gasteiger partial charge in [0, 0.05) is 12.7 Å². The first-order valence-corrected chi connectivity index (χ1v) is 7.94. The zero-order chi connectivity index (χ0) is 18.4. The van der Waals surface area contributed by atoms with Crippen LogP contribution in [0.5, 0.6) is 5.75 Å². The summed E-state index contributed by atoms with van der Waals surface area (Å²) in [7, 11) is 1.59. The van der Waals surface area contributed by atoms with Crippen LogP contribution in [0.25, 0.3) is 0 Å². The molecule has 0 heterocycles. The van der Waals surface area contributed by atoms with Gasteiger partial charge in [-0.05, 0) is 43.5 Å². The summed E-state index contributed by atoms with van der Waals surface area (Å²) in [5, 5.41) is 19.0. The number of benzene rings is 1. The van der Waals surface area contributed by atoms with E-state index in [1.807, 2.05) is 0 Å². The third-order valence-electron chi connectivity index (χ3n) is 4.11. The molecular weight excluding hydrogens is 324 g/mol. The Hall–Kier alpha value is -2.60. The fourth-order valence-corrected chi connectivity index (χ4v) is 2.97. The van der Waals surface area contributed by atoms with Crippen molar-refractivity contribution in [1.29, 1.82) is 0 Å². The van der Waals surface area contributed by atoms with Crippen molar-refractivity contribution in [2.45, 2.75) is 19.8 Å². The van der Waals surface area contributed by atoms with E-state index in [1.54, 1.807) is 44.4 Å². The minimum Gasteiger partial charge on any atom is -0.491 e. The molecule has 0 saturated heterocycles. The van der Waals surface area contributed by atoms with Crippen molar-refractivity contribution < 1.29 is 29.3 Å². The molecule has 0 radical (unpaired) electrons. The molecular formula is C19H22O6. The van der Waals surface area contributed by atoms with Crippen LogP contribution in [0, 0.1) is 5.41 Å². The van der Waals surface area contributed by atoms with Gasteiger partial charge >= 0.3 is 11.9 Å². The van der Waals surface area contributed by atoms with Gasteiger partial charge in [-0.2, -0.15) is 0 Å². The largest absolute Gasteiger partial charge is 0.491 e. The van der Waals surface area contributed by atoms with Crippen LogP contribution >= 0.6 is 0 Å². The van der Waals surface area contributed by atoms with Crippen LogP contribution in [0.2, 0.25) is 0 Å². The molecule has 0 aromatic heterocycles. The van der Waals surface area contributed by atoms with Crippen LogP contribution in [0.3, 0.4) is 0 Å². The second-order valence-electron chi connectivity index (χ2n) is 6.16. The smallest absolute Gasteiger partial charge is 0.331 e. The molecule has 1 atom stereocenters. The first kappa shape index (κ1) is 18.7. The highest BCUT2D eigenvalue weighted by molar-refractivity contribution is 5.90. The van der Waals surface area contributed by atoms with Crippen molar-refractivity contribution in [3.05, 3.63) is 53.1 Å². The standard InChI is InChI=1S/C19H22O6/c1-13-9-15(17(20)21)12-19(10-13,18(22)23)11-14-3-5-16(6-4-14)25-8-7-24-2/h3-6,9-10H,7-8,11-12H2,1-2H3,(H,20,21)(H,22,23). The quantitative estimate of drug-likeness (QED) is 0.703. The topological polar surface area (TPSA) is 93.1 Å². The molecule has 1 unspecified atom stereocenters. The summed E-state index contributed by atoms with van der Waals surface area (Å²) < 4.78 is 10.4. The van der Waals surface area contributed by atoms with Crippen molar-refractivity contribution in [3.63, 3.8) is 0 Å². The van der Waals surface area contributed by atoms with E-state index >= 15 is 0 Å². The first-order chi connectivity index (χ1) is 11.9. The van der Waals surface area contributed by atoms with E-state index < -0.39 is 17.4 Å². The van der Waals surface area contributed by atoms with E-state index in [4.69, 9.17) is 9.47 Å². The summed E-state index contributed by atoms with van der Waals surface area (Å²) in [5.74, 6) is -1.44. The van der Waals surface area contributed by atoms with Crippen LogP contribution in [0.15, 0.2) is 47.6 Å². The Morgan fingerprint density at radius 2 is 1.84 bits per heavy atom. The number of aliphatic carboxylic acids is 2. The van der Waals surface area contributed by atoms with Crippen LogP contribution in [-0.4, -0.2) is 42.5 Å². The van der Waals surface area contributed by atoms with Crippen LogP contribution in [0.4, 0.5) is 0 Å². The van der Waals surface area contributed by atoms with E-state index in [0.29, 0.717) is 24.5 Å². The minimum absolute atomic E-state index is 0.0406. The molecule has 0 fully saturated rings. The molecule has 0 amide bonds. The maximum Gasteiger partial charge on any atom is 0.331 e. The zero-order valence-electron chi connectivity index (χ0n) is 14.3. The highest BCUT2D eigenvalue weighted by atomic mass is 16.5. The monoisotopic (exact) mass is 346 g/mol. The maximum absolute atomic E-state index is 11.9. The lowest BCUT2D eigenvalue weighted by atomic mass is 9.72. The normalized spacial score (nSPS) is 19.8. The summed E-state index contributed by atoms with van der Waals surface area (Å²) in [5.41, 5.74) is 0.301. The molecule has 6 heteroatoms. The molecule has 0 saturated carbocycles. The van der Waals surface area contributed by atoms with Gasteiger partial charge in [-0.25, -0.2) is 4.79 Å². The van der Waals surface area contributed by atoms with Gasteiger partial charge in [0.05, 0.1) is 12.0 Å². The molecule has 1 aromatic carbocycles. The number of hydrogen-bond acceptors (Lipinski definition) is 4. The summed E-state index contributed by atoms with van der Waals surface area (Å²) in [6.07, 6.45) is 3.34. The van der Waals surface area contributed by atoms with E-state index in [9.17, 15) is 19.8 Å². The lowest BCUT2D eigenvalue weighted by molar-refractivity contribution is -0.146. The van der Waals surface area contributed by atoms with Crippen molar-refractivity contribution in [1.82, 2.24) is 0 Å². The van der Waals surface area contributed by atoms with Gasteiger partial charge in [-0.3, -0.25) is 4.79 Å². The number of rotatable bonds is 8. The average molecular weight is 346 g/mol. The number of hydrogen-bond donors (Lipinski definition) is 2. The molecule has 0 bridgehead atoms. The molecule has 2 rings (SSSR count). The van der Waals surface area contributed by atoms with Crippen molar-refractivity contribution in [2.75, 3.05) is 20.3 Å². The molecule has 0 spiro atoms. The van der Waals surface area contributed by atoms with Crippen molar-refractivity contribution in [3.8, 4) is 5.75 Å². The molecule has 0 aliphatic heterocycles. The highest BCUT2D eigenvalue weighted by Gasteiger charge is 2.40. The molecule has 1 aliphatic carbocycles. The Morgan fingerprint density at radius 3 is 2.40 bits per heavy atom. The van der Waals surface area contributed by atoms with Crippen LogP contribution in [0.1, 0.15) is 18.9 Å². The lowest BCUT2D eigenvalue weighted by Crippen LogP contribution is -2.35. The molecule has 1 aromatic rings. The van der Waals surface area contributed by atoms with E-state index in [0.717, 1.165) is 5.56 Å². The summed E-state index contributed by atoms with van der Waals surface area (Å²) in [6.45, 7) is 2.63. The van der Waals surface area contributed by atoms with Gasteiger partial charge in [0.15, 0.2) is 0 Å². The Labute approximate surface area is 146 Å². The molecule has 25 heavy (non-hydrogen) atoms. The number of allylic oxidation sites excluding steroid dienone is 2. The SMILES string of the molecule is COCCOc1ccc(CC2(C(=O)O)C=C(C)C=C(C(=O)O)C2)cc1. The fourth-order valence-electron chi connectivity index (χ4n) is 2.97. The van der Waals surface area contributed by atoms with Crippen LogP contribution < -0.4 is 4.74 Å². The van der Waals surface area contributed by atoms with Gasteiger partial charge in [-0.15, -0.1) is 0 Å². The predicted octanol–water partition coefficient (Wildman–Crippen LogP) is 2.69. The van der Waals surface area contributed by atoms with E-state index in [-0.39, 0.29) is 18.4 Å². The third kappa shape index (κ3) is 4.70. The van der Waals surface area contributed by atoms with Crippen molar-refractivity contribution >= 4 is 11.9 Å². The van der Waals surface area contributed by atoms with E-state index in [1.165, 1.54) is 6.08 Å². The minimum atomic E-state index is -1.26. The Balaban J connectivity index is 2.19. The summed E-state index contributed by atoms with van der Waals surface area (Å²) in [6, 6.07) is 7.14. The third-order valence-corrected chi connectivity index (χ3v) is 4.11. The lowest BCUT2D eigenvalue weighted by Gasteiger charge is -2.30. The fraction of sp³-hybridized carbons (Fsp3) is 0.368. The number of ether oxygens (including phenoxy) is 2. The number of carbonyl (C=O) groups is 2. The summed E-state index contributed by atoms with van der Waals surface area (Å²) in [4.78, 5) is 23.2. The Kier molecular flexibility index (Phi) is 5.98. The second kappa shape index (κ2) is 7.98.